The Kier molecular flexibility index (Phi) is 12.5. The van der Waals surface area contributed by atoms with Crippen LogP contribution in [0, 0.1) is 0 Å². The number of carbonyl (C=O) groups excluding carboxylic acids is 1. The molecule has 0 bridgehead atoms. The van der Waals surface area contributed by atoms with Gasteiger partial charge in [0.1, 0.15) is 0 Å². The number of carboxylic acid groups (broad SMARTS) is 1. The van der Waals surface area contributed by atoms with Crippen LogP contribution in [-0.4, -0.2) is 40.6 Å². The Morgan fingerprint density at radius 2 is 1.50 bits per heavy atom. The summed E-state index contributed by atoms with van der Waals surface area (Å²) < 4.78 is 6.70. The highest BCUT2D eigenvalue weighted by molar-refractivity contribution is 8.01. The van der Waals surface area contributed by atoms with Gasteiger partial charge < -0.3 is 20.1 Å². The Morgan fingerprint density at radius 1 is 0.881 bits per heavy atom. The second-order valence-electron chi connectivity index (χ2n) is 10.1. The Hall–Kier alpha value is -3.56. The molecule has 0 aliphatic rings. The summed E-state index contributed by atoms with van der Waals surface area (Å²) in [5.41, 5.74) is 3.96. The number of unbranched alkanes of at least 4 members (excludes halogenated alkanes) is 7. The zero-order valence-electron chi connectivity index (χ0n) is 24.0. The number of hydrogen-bond donors (Lipinski definition) is 2. The van der Waals surface area contributed by atoms with Gasteiger partial charge >= 0.3 is 6.16 Å². The van der Waals surface area contributed by atoms with Gasteiger partial charge in [-0.2, -0.15) is 0 Å². The molecule has 1 unspecified atom stereocenters. The van der Waals surface area contributed by atoms with Crippen molar-refractivity contribution < 1.29 is 19.4 Å². The number of rotatable bonds is 17. The zero-order chi connectivity index (χ0) is 29.6. The molecule has 0 saturated carbocycles. The molecule has 1 atom stereocenters. The molecule has 1 amide bonds. The minimum absolute atomic E-state index is 0.155. The monoisotopic (exact) mass is 605 g/mol. The number of nitrogens with one attached hydrogen (secondary N) is 1. The van der Waals surface area contributed by atoms with Crippen LogP contribution in [0.4, 0.5) is 21.9 Å². The summed E-state index contributed by atoms with van der Waals surface area (Å²) in [6.45, 7) is 2.73. The molecule has 4 aromatic rings. The maximum absolute atomic E-state index is 12.7. The first-order valence-electron chi connectivity index (χ1n) is 14.7. The predicted octanol–water partition coefficient (Wildman–Crippen LogP) is 9.18. The first-order valence-corrected chi connectivity index (χ1v) is 16.5. The van der Waals surface area contributed by atoms with Crippen LogP contribution >= 0.6 is 23.1 Å². The largest absolute Gasteiger partial charge is 0.506 e. The number of aromatic nitrogens is 1. The lowest BCUT2D eigenvalue weighted by atomic mass is 10.1. The van der Waals surface area contributed by atoms with Crippen molar-refractivity contribution in [3.63, 3.8) is 0 Å². The van der Waals surface area contributed by atoms with Crippen LogP contribution in [0.5, 0.6) is 0 Å². The molecule has 0 saturated heterocycles. The number of benzene rings is 3. The van der Waals surface area contributed by atoms with E-state index in [1.807, 2.05) is 48.5 Å². The van der Waals surface area contributed by atoms with Gasteiger partial charge in [-0.3, -0.25) is 4.79 Å². The summed E-state index contributed by atoms with van der Waals surface area (Å²) in [5, 5.41) is 12.1. The number of para-hydroxylation sites is 2. The van der Waals surface area contributed by atoms with E-state index in [9.17, 15) is 14.7 Å². The van der Waals surface area contributed by atoms with Crippen molar-refractivity contribution in [2.75, 3.05) is 17.2 Å². The molecule has 42 heavy (non-hydrogen) atoms. The van der Waals surface area contributed by atoms with Crippen molar-refractivity contribution in [2.24, 2.45) is 0 Å². The number of thiazole rings is 1. The van der Waals surface area contributed by atoms with Crippen molar-refractivity contribution in [2.45, 2.75) is 68.7 Å². The van der Waals surface area contributed by atoms with Crippen molar-refractivity contribution in [1.29, 1.82) is 0 Å². The predicted molar refractivity (Wildman–Crippen MR) is 174 cm³/mol. The lowest BCUT2D eigenvalue weighted by molar-refractivity contribution is -0.129. The number of anilines is 3. The highest BCUT2D eigenvalue weighted by Gasteiger charge is 2.24. The number of thioether (sulfide) groups is 1. The van der Waals surface area contributed by atoms with E-state index in [1.165, 1.54) is 55.2 Å². The van der Waals surface area contributed by atoms with E-state index in [2.05, 4.69) is 47.5 Å². The minimum atomic E-state index is -1.46. The van der Waals surface area contributed by atoms with Crippen molar-refractivity contribution in [3.05, 3.63) is 78.9 Å². The van der Waals surface area contributed by atoms with Gasteiger partial charge in [0.25, 0.3) is 5.91 Å². The lowest BCUT2D eigenvalue weighted by Crippen LogP contribution is -2.39. The SMILES string of the molecule is CCCCCCCCCCNC(=O)C(CSc1nc2ccc(N(c3ccccc3)c3ccccc3)cc2s1)OC(=O)O. The summed E-state index contributed by atoms with van der Waals surface area (Å²) in [6.07, 6.45) is 6.81. The third-order valence-electron chi connectivity index (χ3n) is 6.86. The highest BCUT2D eigenvalue weighted by atomic mass is 32.2. The van der Waals surface area contributed by atoms with Gasteiger partial charge in [0, 0.05) is 29.4 Å². The maximum Gasteiger partial charge on any atom is 0.506 e. The number of amides is 1. The van der Waals surface area contributed by atoms with Crippen LogP contribution in [0.2, 0.25) is 0 Å². The topological polar surface area (TPSA) is 91.8 Å². The lowest BCUT2D eigenvalue weighted by Gasteiger charge is -2.25. The van der Waals surface area contributed by atoms with E-state index in [4.69, 9.17) is 9.72 Å². The Morgan fingerprint density at radius 3 is 2.12 bits per heavy atom. The summed E-state index contributed by atoms with van der Waals surface area (Å²) in [6, 6.07) is 26.5. The minimum Gasteiger partial charge on any atom is -0.450 e. The Bertz CT molecular complexity index is 1360. The van der Waals surface area contributed by atoms with Crippen LogP contribution in [0.15, 0.2) is 83.2 Å². The van der Waals surface area contributed by atoms with Gasteiger partial charge in [0.2, 0.25) is 0 Å². The molecule has 7 nitrogen and oxygen atoms in total. The van der Waals surface area contributed by atoms with E-state index in [0.717, 1.165) is 50.9 Å². The summed E-state index contributed by atoms with van der Waals surface area (Å²) >= 11 is 2.85. The zero-order valence-corrected chi connectivity index (χ0v) is 25.7. The third-order valence-corrected chi connectivity index (χ3v) is 9.09. The van der Waals surface area contributed by atoms with Crippen LogP contribution < -0.4 is 10.2 Å². The van der Waals surface area contributed by atoms with Crippen molar-refractivity contribution in [3.8, 4) is 0 Å². The third kappa shape index (κ3) is 9.49. The van der Waals surface area contributed by atoms with E-state index in [1.54, 1.807) is 0 Å². The van der Waals surface area contributed by atoms with Crippen molar-refractivity contribution >= 4 is 62.4 Å². The number of fused-ring (bicyclic) bond motifs is 1. The molecule has 2 N–H and O–H groups in total. The molecule has 4 rings (SSSR count). The first-order chi connectivity index (χ1) is 20.5. The molecular weight excluding hydrogens is 567 g/mol. The van der Waals surface area contributed by atoms with E-state index in [0.29, 0.717) is 6.54 Å². The fraction of sp³-hybridized carbons (Fsp3) is 0.364. The molecule has 0 fully saturated rings. The molecule has 9 heteroatoms. The summed E-state index contributed by atoms with van der Waals surface area (Å²) in [5.74, 6) is -0.250. The second-order valence-corrected chi connectivity index (χ2v) is 12.4. The molecule has 222 valence electrons. The number of hydrogen-bond acceptors (Lipinski definition) is 7. The van der Waals surface area contributed by atoms with Gasteiger partial charge in [-0.05, 0) is 48.9 Å². The molecule has 0 aliphatic carbocycles. The normalized spacial score (nSPS) is 11.7. The molecule has 1 aromatic heterocycles. The van der Waals surface area contributed by atoms with Gasteiger partial charge in [0.15, 0.2) is 10.4 Å². The second kappa shape index (κ2) is 16.8. The fourth-order valence-corrected chi connectivity index (χ4v) is 6.83. The maximum atomic E-state index is 12.7. The molecular formula is C33H39N3O4S2. The van der Waals surface area contributed by atoms with Crippen molar-refractivity contribution in [1.82, 2.24) is 10.3 Å². The highest BCUT2D eigenvalue weighted by Crippen LogP contribution is 2.38. The van der Waals surface area contributed by atoms with Gasteiger partial charge in [0.05, 0.1) is 10.2 Å². The fourth-order valence-electron chi connectivity index (χ4n) is 4.71. The number of ether oxygens (including phenoxy) is 1. The molecule has 3 aromatic carbocycles. The quantitative estimate of drug-likeness (QED) is 0.0704. The van der Waals surface area contributed by atoms with Gasteiger partial charge in [-0.25, -0.2) is 9.78 Å². The average Bonchev–Trinajstić information content (AvgIpc) is 3.42. The molecule has 0 spiro atoms. The van der Waals surface area contributed by atoms with Gasteiger partial charge in [-0.15, -0.1) is 11.3 Å². The summed E-state index contributed by atoms with van der Waals surface area (Å²) in [4.78, 5) is 30.9. The molecule has 0 radical (unpaired) electrons. The Labute approximate surface area is 256 Å². The van der Waals surface area contributed by atoms with E-state index >= 15 is 0 Å². The average molecular weight is 606 g/mol. The summed E-state index contributed by atoms with van der Waals surface area (Å²) in [7, 11) is 0. The number of carbonyl (C=O) groups is 2. The number of nitrogens with zero attached hydrogens (tertiary/aromatic N) is 2. The van der Waals surface area contributed by atoms with E-state index < -0.39 is 18.2 Å². The van der Waals surface area contributed by atoms with Gasteiger partial charge in [-0.1, -0.05) is 100 Å². The molecule has 1 heterocycles. The molecule has 0 aliphatic heterocycles. The van der Waals surface area contributed by atoms with E-state index in [-0.39, 0.29) is 5.75 Å². The standard InChI is InChI=1S/C33H39N3O4S2/c1-2-3-4-5-6-7-8-15-22-34-31(37)29(40-33(38)39)24-41-32-35-28-21-20-27(23-30(28)42-32)36(25-16-11-9-12-17-25)26-18-13-10-14-19-26/h9-14,16-21,23,29H,2-8,15,22,24H2,1H3,(H,34,37)(H,38,39). The van der Waals surface area contributed by atoms with Crippen LogP contribution in [0.1, 0.15) is 58.3 Å². The van der Waals surface area contributed by atoms with Crippen LogP contribution in [0.25, 0.3) is 10.2 Å². The smallest absolute Gasteiger partial charge is 0.450 e. The van der Waals surface area contributed by atoms with Crippen LogP contribution in [-0.2, 0) is 9.53 Å². The Balaban J connectivity index is 1.36. The first kappa shape index (κ1) is 31.4. The van der Waals surface area contributed by atoms with Crippen LogP contribution in [0.3, 0.4) is 0 Å².